The Hall–Kier alpha value is -4.94. The summed E-state index contributed by atoms with van der Waals surface area (Å²) < 4.78 is 6.52. The number of carbonyl (C=O) groups excluding carboxylic acids is 1. The molecule has 3 rings (SSSR count). The van der Waals surface area contributed by atoms with Crippen molar-refractivity contribution < 1.29 is 29.3 Å². The van der Waals surface area contributed by atoms with E-state index >= 15 is 0 Å². The molecule has 13 heteroatoms. The van der Waals surface area contributed by atoms with Gasteiger partial charge < -0.3 is 30.9 Å². The number of carboxylic acids is 2. The van der Waals surface area contributed by atoms with Crippen LogP contribution < -0.4 is 21.6 Å². The molecule has 0 bridgehead atoms. The van der Waals surface area contributed by atoms with E-state index in [1.54, 1.807) is 24.5 Å². The predicted molar refractivity (Wildman–Crippen MR) is 148 cm³/mol. The van der Waals surface area contributed by atoms with E-state index in [1.807, 2.05) is 43.3 Å². The van der Waals surface area contributed by atoms with E-state index in [4.69, 9.17) is 14.6 Å². The third-order valence-electron chi connectivity index (χ3n) is 5.26. The van der Waals surface area contributed by atoms with Crippen molar-refractivity contribution in [3.05, 3.63) is 82.5 Å². The molecule has 214 valence electrons. The highest BCUT2D eigenvalue weighted by Gasteiger charge is 2.20. The van der Waals surface area contributed by atoms with Gasteiger partial charge in [-0.15, -0.1) is 0 Å². The molecule has 2 aromatic heterocycles. The second kappa shape index (κ2) is 16.8. The van der Waals surface area contributed by atoms with Gasteiger partial charge in [0.15, 0.2) is 0 Å². The van der Waals surface area contributed by atoms with Crippen molar-refractivity contribution in [1.82, 2.24) is 19.9 Å². The molecule has 0 saturated heterocycles. The molecular weight excluding hydrogens is 520 g/mol. The number of amides is 1. The minimum atomic E-state index is -1.17. The lowest BCUT2D eigenvalue weighted by Crippen LogP contribution is -2.41. The monoisotopic (exact) mass is 554 g/mol. The second-order valence-electron chi connectivity index (χ2n) is 8.58. The molecule has 1 aromatic carbocycles. The third kappa shape index (κ3) is 12.1. The molecule has 0 aliphatic heterocycles. The number of hydrogen-bond donors (Lipinski definition) is 5. The number of nitrogens with zero attached hydrogens (tertiary/aromatic N) is 3. The maximum atomic E-state index is 12.4. The van der Waals surface area contributed by atoms with Crippen molar-refractivity contribution in [2.24, 2.45) is 0 Å². The number of alkyl carbamates (subject to hydrolysis) is 1. The van der Waals surface area contributed by atoms with Gasteiger partial charge in [0.25, 0.3) is 5.97 Å². The van der Waals surface area contributed by atoms with E-state index in [1.165, 1.54) is 4.57 Å². The summed E-state index contributed by atoms with van der Waals surface area (Å²) in [5.41, 5.74) is 1.14. The van der Waals surface area contributed by atoms with Crippen molar-refractivity contribution in [3.63, 3.8) is 0 Å². The van der Waals surface area contributed by atoms with Gasteiger partial charge in [-0.25, -0.2) is 19.4 Å². The van der Waals surface area contributed by atoms with Gasteiger partial charge in [0.2, 0.25) is 0 Å². The Morgan fingerprint density at radius 1 is 1.02 bits per heavy atom. The topological polar surface area (TPSA) is 185 Å². The lowest BCUT2D eigenvalue weighted by atomic mass is 10.1. The normalized spacial score (nSPS) is 10.8. The van der Waals surface area contributed by atoms with E-state index in [0.29, 0.717) is 25.3 Å². The Morgan fingerprint density at radius 2 is 1.70 bits per heavy atom. The highest BCUT2D eigenvalue weighted by atomic mass is 16.5. The first-order chi connectivity index (χ1) is 19.2. The van der Waals surface area contributed by atoms with Gasteiger partial charge in [-0.05, 0) is 37.5 Å². The number of nitrogens with one attached hydrogen (secondary N) is 3. The van der Waals surface area contributed by atoms with Gasteiger partial charge in [0.1, 0.15) is 24.3 Å². The molecule has 40 heavy (non-hydrogen) atoms. The number of aromatic nitrogens is 3. The minimum absolute atomic E-state index is 0.0406. The maximum Gasteiger partial charge on any atom is 0.408 e. The molecule has 0 saturated carbocycles. The predicted octanol–water partition coefficient (Wildman–Crippen LogP) is 2.72. The minimum Gasteiger partial charge on any atom is -0.481 e. The molecule has 2 heterocycles. The quantitative estimate of drug-likeness (QED) is 0.196. The average Bonchev–Trinajstić information content (AvgIpc) is 2.92. The molecule has 0 aliphatic carbocycles. The molecule has 1 atom stereocenters. The van der Waals surface area contributed by atoms with E-state index in [2.05, 4.69) is 25.9 Å². The van der Waals surface area contributed by atoms with E-state index in [0.717, 1.165) is 23.9 Å². The summed E-state index contributed by atoms with van der Waals surface area (Å²) in [5.74, 6) is -0.754. The number of anilines is 2. The number of hydrogen-bond acceptors (Lipinski definition) is 9. The summed E-state index contributed by atoms with van der Waals surface area (Å²) in [7, 11) is 0. The Balaban J connectivity index is 0.00000131. The Labute approximate surface area is 231 Å². The van der Waals surface area contributed by atoms with E-state index in [9.17, 15) is 19.5 Å². The van der Waals surface area contributed by atoms with Crippen molar-refractivity contribution >= 4 is 29.7 Å². The fourth-order valence-electron chi connectivity index (χ4n) is 3.41. The fourth-order valence-corrected chi connectivity index (χ4v) is 3.41. The van der Waals surface area contributed by atoms with Gasteiger partial charge >= 0.3 is 17.8 Å². The van der Waals surface area contributed by atoms with Crippen LogP contribution in [0.2, 0.25) is 0 Å². The molecule has 0 spiro atoms. The Kier molecular flexibility index (Phi) is 13.1. The molecule has 0 aliphatic rings. The number of benzene rings is 1. The van der Waals surface area contributed by atoms with E-state index in [-0.39, 0.29) is 19.6 Å². The first-order valence-electron chi connectivity index (χ1n) is 12.5. The van der Waals surface area contributed by atoms with Crippen LogP contribution in [-0.2, 0) is 27.5 Å². The number of ether oxygens (including phenoxy) is 1. The molecule has 1 unspecified atom stereocenters. The summed E-state index contributed by atoms with van der Waals surface area (Å²) in [6.45, 7) is 4.36. The summed E-state index contributed by atoms with van der Waals surface area (Å²) >= 11 is 0. The van der Waals surface area contributed by atoms with Gasteiger partial charge in [-0.2, -0.15) is 4.98 Å². The summed E-state index contributed by atoms with van der Waals surface area (Å²) in [4.78, 5) is 53.3. The Bertz CT molecular complexity index is 1280. The zero-order chi connectivity index (χ0) is 29.3. The first-order valence-corrected chi connectivity index (χ1v) is 12.5. The van der Waals surface area contributed by atoms with E-state index < -0.39 is 29.8 Å². The summed E-state index contributed by atoms with van der Waals surface area (Å²) in [5, 5.41) is 25.5. The highest BCUT2D eigenvalue weighted by molar-refractivity contribution is 5.79. The number of carboxylic acid groups (broad SMARTS) is 2. The zero-order valence-electron chi connectivity index (χ0n) is 22.4. The number of pyridine rings is 1. The van der Waals surface area contributed by atoms with Crippen LogP contribution in [-0.4, -0.2) is 61.9 Å². The van der Waals surface area contributed by atoms with Crippen LogP contribution in [0.5, 0.6) is 0 Å². The Morgan fingerprint density at radius 3 is 2.35 bits per heavy atom. The lowest BCUT2D eigenvalue weighted by molar-refractivity contribution is -0.139. The number of rotatable bonds is 13. The van der Waals surface area contributed by atoms with Crippen molar-refractivity contribution in [1.29, 1.82) is 0 Å². The van der Waals surface area contributed by atoms with Gasteiger partial charge in [0.05, 0.1) is 0 Å². The third-order valence-corrected chi connectivity index (χ3v) is 5.26. The smallest absolute Gasteiger partial charge is 0.408 e. The van der Waals surface area contributed by atoms with Gasteiger partial charge in [-0.1, -0.05) is 36.4 Å². The summed E-state index contributed by atoms with van der Waals surface area (Å²) in [6.07, 6.45) is 3.04. The number of aliphatic carboxylic acids is 2. The van der Waals surface area contributed by atoms with Crippen LogP contribution in [0.4, 0.5) is 16.4 Å². The first kappa shape index (κ1) is 31.3. The number of carbonyl (C=O) groups is 3. The molecule has 3 aromatic rings. The van der Waals surface area contributed by atoms with Crippen LogP contribution >= 0.6 is 0 Å². The SMILES string of the molecule is CC(=O)O.Cc1cn(CCCC(NC(=O)OCc2ccccc2)C(=O)O)c(=O)nc1NCCNc1ccccn1. The molecule has 5 N–H and O–H groups in total. The molecular formula is C27H34N6O7. The van der Waals surface area contributed by atoms with Crippen molar-refractivity contribution in [3.8, 4) is 0 Å². The van der Waals surface area contributed by atoms with Gasteiger partial charge in [-0.3, -0.25) is 9.36 Å². The van der Waals surface area contributed by atoms with Crippen LogP contribution in [0.1, 0.15) is 30.9 Å². The largest absolute Gasteiger partial charge is 0.481 e. The van der Waals surface area contributed by atoms with Crippen molar-refractivity contribution in [2.45, 2.75) is 45.9 Å². The molecule has 0 radical (unpaired) electrons. The maximum absolute atomic E-state index is 12.4. The summed E-state index contributed by atoms with van der Waals surface area (Å²) in [6, 6.07) is 13.5. The lowest BCUT2D eigenvalue weighted by Gasteiger charge is -2.15. The standard InChI is InChI=1S/C25H30N6O5.C2H4O2/c1-18-16-31(24(34)30-22(18)28-14-13-27-21-11-5-6-12-26-21)15-7-10-20(23(32)33)29-25(35)36-17-19-8-3-2-4-9-19;1-2(3)4/h2-6,8-9,11-12,16,20H,7,10,13-15,17H2,1H3,(H,26,27)(H,29,35)(H,32,33)(H,28,30,34);1H3,(H,3,4). The van der Waals surface area contributed by atoms with Gasteiger partial charge in [0, 0.05) is 44.5 Å². The highest BCUT2D eigenvalue weighted by Crippen LogP contribution is 2.09. The molecule has 13 nitrogen and oxygen atoms in total. The molecule has 0 fully saturated rings. The van der Waals surface area contributed by atoms with Crippen LogP contribution in [0, 0.1) is 6.92 Å². The zero-order valence-corrected chi connectivity index (χ0v) is 22.4. The average molecular weight is 555 g/mol. The van der Waals surface area contributed by atoms with Crippen LogP contribution in [0.15, 0.2) is 65.7 Å². The van der Waals surface area contributed by atoms with Crippen LogP contribution in [0.3, 0.4) is 0 Å². The second-order valence-corrected chi connectivity index (χ2v) is 8.58. The number of aryl methyl sites for hydroxylation is 2. The van der Waals surface area contributed by atoms with Crippen molar-refractivity contribution in [2.75, 3.05) is 23.7 Å². The molecule has 1 amide bonds. The fraction of sp³-hybridized carbons (Fsp3) is 0.333. The van der Waals surface area contributed by atoms with Crippen LogP contribution in [0.25, 0.3) is 0 Å².